The van der Waals surface area contributed by atoms with Crippen LogP contribution in [-0.4, -0.2) is 22.9 Å². The van der Waals surface area contributed by atoms with E-state index in [2.05, 4.69) is 31.1 Å². The van der Waals surface area contributed by atoms with Crippen molar-refractivity contribution in [3.05, 3.63) is 42.2 Å². The molecule has 0 saturated heterocycles. The molecule has 0 saturated carbocycles. The van der Waals surface area contributed by atoms with Crippen LogP contribution in [0.1, 0.15) is 37.6 Å². The molecule has 0 aliphatic carbocycles. The Labute approximate surface area is 114 Å². The van der Waals surface area contributed by atoms with Gasteiger partial charge in [-0.2, -0.15) is 0 Å². The van der Waals surface area contributed by atoms with Gasteiger partial charge in [0.25, 0.3) is 0 Å². The zero-order chi connectivity index (χ0) is 13.9. The third-order valence-corrected chi connectivity index (χ3v) is 2.98. The Morgan fingerprint density at radius 2 is 1.95 bits per heavy atom. The van der Waals surface area contributed by atoms with E-state index in [0.717, 1.165) is 10.8 Å². The van der Waals surface area contributed by atoms with Gasteiger partial charge < -0.3 is 5.32 Å². The van der Waals surface area contributed by atoms with Crippen LogP contribution in [0.15, 0.2) is 36.7 Å². The molecule has 0 amide bonds. The molecule has 0 radical (unpaired) electrons. The first-order valence-electron chi connectivity index (χ1n) is 6.58. The molecule has 1 aromatic carbocycles. The van der Waals surface area contributed by atoms with E-state index in [1.54, 1.807) is 12.4 Å². The fourth-order valence-electron chi connectivity index (χ4n) is 2.02. The summed E-state index contributed by atoms with van der Waals surface area (Å²) in [5.74, 6) is 0.140. The minimum absolute atomic E-state index is 0.0390. The largest absolute Gasteiger partial charge is 0.312 e. The number of hydrogen-bond acceptors (Lipinski definition) is 3. The highest BCUT2D eigenvalue weighted by molar-refractivity contribution is 6.07. The molecule has 0 aliphatic heterocycles. The average Bonchev–Trinajstić information content (AvgIpc) is 2.36. The first kappa shape index (κ1) is 13.7. The molecular weight excluding hydrogens is 236 g/mol. The Balaban J connectivity index is 2.14. The summed E-state index contributed by atoms with van der Waals surface area (Å²) >= 11 is 0. The van der Waals surface area contributed by atoms with E-state index >= 15 is 0 Å². The van der Waals surface area contributed by atoms with E-state index in [9.17, 15) is 4.79 Å². The molecular formula is C16H20N2O. The van der Waals surface area contributed by atoms with Gasteiger partial charge in [0.05, 0.1) is 0 Å². The molecule has 1 N–H and O–H groups in total. The number of Topliss-reactive ketones (excluding diaryl/α,β-unsaturated/α-hetero) is 1. The van der Waals surface area contributed by atoms with Crippen LogP contribution in [0.3, 0.4) is 0 Å². The number of nitrogens with one attached hydrogen (secondary N) is 1. The predicted octanol–water partition coefficient (Wildman–Crippen LogP) is 3.20. The molecule has 1 heterocycles. The predicted molar refractivity (Wildman–Crippen MR) is 78.4 cm³/mol. The summed E-state index contributed by atoms with van der Waals surface area (Å²) in [6.07, 6.45) is 3.95. The Kier molecular flexibility index (Phi) is 3.96. The van der Waals surface area contributed by atoms with Crippen LogP contribution in [0, 0.1) is 0 Å². The summed E-state index contributed by atoms with van der Waals surface area (Å²) < 4.78 is 0. The second kappa shape index (κ2) is 5.49. The molecule has 2 rings (SSSR count). The maximum absolute atomic E-state index is 12.3. The van der Waals surface area contributed by atoms with E-state index in [-0.39, 0.29) is 11.3 Å². The summed E-state index contributed by atoms with van der Waals surface area (Å²) in [4.78, 5) is 16.4. The van der Waals surface area contributed by atoms with Gasteiger partial charge in [0, 0.05) is 41.8 Å². The number of ketones is 1. The van der Waals surface area contributed by atoms with Gasteiger partial charge in [-0.25, -0.2) is 0 Å². The molecule has 0 aliphatic rings. The summed E-state index contributed by atoms with van der Waals surface area (Å²) in [6, 6.07) is 7.86. The van der Waals surface area contributed by atoms with Gasteiger partial charge >= 0.3 is 0 Å². The van der Waals surface area contributed by atoms with Crippen molar-refractivity contribution < 1.29 is 4.79 Å². The molecule has 19 heavy (non-hydrogen) atoms. The maximum atomic E-state index is 12.3. The van der Waals surface area contributed by atoms with Crippen molar-refractivity contribution in [3.8, 4) is 0 Å². The lowest BCUT2D eigenvalue weighted by Gasteiger charge is -2.20. The molecule has 2 aromatic rings. The van der Waals surface area contributed by atoms with Gasteiger partial charge in [-0.3, -0.25) is 9.78 Å². The summed E-state index contributed by atoms with van der Waals surface area (Å²) in [7, 11) is 0. The van der Waals surface area contributed by atoms with Crippen LogP contribution in [0.5, 0.6) is 0 Å². The number of aromatic nitrogens is 1. The molecule has 3 nitrogen and oxygen atoms in total. The van der Waals surface area contributed by atoms with E-state index in [1.165, 1.54) is 0 Å². The number of rotatable bonds is 4. The van der Waals surface area contributed by atoms with Crippen molar-refractivity contribution in [1.82, 2.24) is 10.3 Å². The molecule has 0 spiro atoms. The van der Waals surface area contributed by atoms with Crippen LogP contribution in [0.25, 0.3) is 10.8 Å². The lowest BCUT2D eigenvalue weighted by molar-refractivity contribution is 0.0982. The second-order valence-corrected chi connectivity index (χ2v) is 5.76. The van der Waals surface area contributed by atoms with Crippen molar-refractivity contribution in [2.45, 2.75) is 32.7 Å². The number of carbonyl (C=O) groups is 1. The van der Waals surface area contributed by atoms with Gasteiger partial charge in [0.1, 0.15) is 0 Å². The Morgan fingerprint density at radius 3 is 2.68 bits per heavy atom. The fourth-order valence-corrected chi connectivity index (χ4v) is 2.02. The van der Waals surface area contributed by atoms with Gasteiger partial charge in [-0.1, -0.05) is 24.3 Å². The highest BCUT2D eigenvalue weighted by Gasteiger charge is 2.13. The molecule has 100 valence electrons. The summed E-state index contributed by atoms with van der Waals surface area (Å²) in [5, 5.41) is 5.33. The zero-order valence-corrected chi connectivity index (χ0v) is 11.7. The number of nitrogens with zero attached hydrogens (tertiary/aromatic N) is 1. The lowest BCUT2D eigenvalue weighted by atomic mass is 10.0. The maximum Gasteiger partial charge on any atom is 0.166 e. The van der Waals surface area contributed by atoms with Crippen molar-refractivity contribution in [3.63, 3.8) is 0 Å². The Hall–Kier alpha value is -1.74. The van der Waals surface area contributed by atoms with Crippen LogP contribution in [0.4, 0.5) is 0 Å². The second-order valence-electron chi connectivity index (χ2n) is 5.76. The summed E-state index contributed by atoms with van der Waals surface area (Å²) in [6.45, 7) is 6.97. The molecule has 0 bridgehead atoms. The fraction of sp³-hybridized carbons (Fsp3) is 0.375. The van der Waals surface area contributed by atoms with Crippen molar-refractivity contribution in [2.24, 2.45) is 0 Å². The SMILES string of the molecule is CC(C)(C)NCCC(=O)c1cncc2ccccc12. The third-order valence-electron chi connectivity index (χ3n) is 2.98. The van der Waals surface area contributed by atoms with Crippen LogP contribution < -0.4 is 5.32 Å². The highest BCUT2D eigenvalue weighted by atomic mass is 16.1. The third kappa shape index (κ3) is 3.61. The number of fused-ring (bicyclic) bond motifs is 1. The number of benzene rings is 1. The average molecular weight is 256 g/mol. The van der Waals surface area contributed by atoms with E-state index < -0.39 is 0 Å². The van der Waals surface area contributed by atoms with Gasteiger partial charge in [0.15, 0.2) is 5.78 Å². The topological polar surface area (TPSA) is 42.0 Å². The van der Waals surface area contributed by atoms with Crippen LogP contribution in [0.2, 0.25) is 0 Å². The van der Waals surface area contributed by atoms with Crippen molar-refractivity contribution in [2.75, 3.05) is 6.54 Å². The lowest BCUT2D eigenvalue weighted by Crippen LogP contribution is -2.37. The first-order valence-corrected chi connectivity index (χ1v) is 6.58. The Morgan fingerprint density at radius 1 is 1.21 bits per heavy atom. The van der Waals surface area contributed by atoms with Gasteiger partial charge in [-0.05, 0) is 26.2 Å². The summed E-state index contributed by atoms with van der Waals surface area (Å²) in [5.41, 5.74) is 0.755. The monoisotopic (exact) mass is 256 g/mol. The smallest absolute Gasteiger partial charge is 0.166 e. The molecule has 3 heteroatoms. The van der Waals surface area contributed by atoms with E-state index in [0.29, 0.717) is 18.5 Å². The first-order chi connectivity index (χ1) is 8.97. The Bertz CT molecular complexity index is 579. The standard InChI is InChI=1S/C16H20N2O/c1-16(2,3)18-9-8-15(19)14-11-17-10-12-6-4-5-7-13(12)14/h4-7,10-11,18H,8-9H2,1-3H3. The van der Waals surface area contributed by atoms with Crippen LogP contribution in [-0.2, 0) is 0 Å². The number of hydrogen-bond donors (Lipinski definition) is 1. The van der Waals surface area contributed by atoms with E-state index in [4.69, 9.17) is 0 Å². The van der Waals surface area contributed by atoms with Crippen molar-refractivity contribution in [1.29, 1.82) is 0 Å². The molecule has 0 fully saturated rings. The number of carbonyl (C=O) groups excluding carboxylic acids is 1. The van der Waals surface area contributed by atoms with Crippen LogP contribution >= 0.6 is 0 Å². The zero-order valence-electron chi connectivity index (χ0n) is 11.7. The van der Waals surface area contributed by atoms with E-state index in [1.807, 2.05) is 24.3 Å². The van der Waals surface area contributed by atoms with Crippen molar-refractivity contribution >= 4 is 16.6 Å². The minimum Gasteiger partial charge on any atom is -0.312 e. The number of pyridine rings is 1. The molecule has 0 unspecified atom stereocenters. The quantitative estimate of drug-likeness (QED) is 0.854. The van der Waals surface area contributed by atoms with Gasteiger partial charge in [0.2, 0.25) is 0 Å². The minimum atomic E-state index is 0.0390. The molecule has 1 aromatic heterocycles. The van der Waals surface area contributed by atoms with Gasteiger partial charge in [-0.15, -0.1) is 0 Å². The normalized spacial score (nSPS) is 11.7. The molecule has 0 atom stereocenters. The highest BCUT2D eigenvalue weighted by Crippen LogP contribution is 2.18.